The molecule has 2 aromatic carbocycles. The van der Waals surface area contributed by atoms with Crippen molar-refractivity contribution in [3.63, 3.8) is 0 Å². The van der Waals surface area contributed by atoms with Crippen molar-refractivity contribution in [3.8, 4) is 11.4 Å². The van der Waals surface area contributed by atoms with Crippen molar-refractivity contribution in [1.29, 1.82) is 0 Å². The molecule has 1 amide bonds. The Morgan fingerprint density at radius 2 is 1.96 bits per heavy atom. The van der Waals surface area contributed by atoms with Crippen molar-refractivity contribution in [3.05, 3.63) is 76.6 Å². The number of nitrogens with one attached hydrogen (secondary N) is 1. The monoisotopic (exact) mass is 383 g/mol. The van der Waals surface area contributed by atoms with Crippen molar-refractivity contribution >= 4 is 17.5 Å². The smallest absolute Gasteiger partial charge is 0.255 e. The Morgan fingerprint density at radius 3 is 2.63 bits per heavy atom. The van der Waals surface area contributed by atoms with E-state index in [-0.39, 0.29) is 12.0 Å². The van der Waals surface area contributed by atoms with Crippen LogP contribution < -0.4 is 10.1 Å². The topological polar surface area (TPSA) is 56.1 Å². The van der Waals surface area contributed by atoms with Gasteiger partial charge in [-0.15, -0.1) is 0 Å². The summed E-state index contributed by atoms with van der Waals surface area (Å²) in [4.78, 5) is 12.5. The van der Waals surface area contributed by atoms with Crippen LogP contribution in [0, 0.1) is 6.92 Å². The summed E-state index contributed by atoms with van der Waals surface area (Å²) in [6.45, 7) is 6.27. The zero-order valence-electron chi connectivity index (χ0n) is 15.6. The van der Waals surface area contributed by atoms with Crippen LogP contribution in [0.15, 0.2) is 54.7 Å². The Hall–Kier alpha value is -2.79. The summed E-state index contributed by atoms with van der Waals surface area (Å²) in [6.07, 6.45) is 1.71. The number of nitrogens with zero attached hydrogens (tertiary/aromatic N) is 2. The molecule has 0 saturated heterocycles. The van der Waals surface area contributed by atoms with E-state index in [4.69, 9.17) is 16.3 Å². The Kier molecular flexibility index (Phi) is 5.81. The summed E-state index contributed by atoms with van der Waals surface area (Å²) in [5.41, 5.74) is 3.12. The number of carbonyl (C=O) groups excluding carboxylic acids is 1. The van der Waals surface area contributed by atoms with Crippen LogP contribution in [0.4, 0.5) is 0 Å². The van der Waals surface area contributed by atoms with E-state index < -0.39 is 0 Å². The summed E-state index contributed by atoms with van der Waals surface area (Å²) >= 11 is 6.04. The minimum absolute atomic E-state index is 0.134. The third kappa shape index (κ3) is 4.68. The van der Waals surface area contributed by atoms with Gasteiger partial charge >= 0.3 is 0 Å². The summed E-state index contributed by atoms with van der Waals surface area (Å²) < 4.78 is 7.33. The highest BCUT2D eigenvalue weighted by atomic mass is 35.5. The molecule has 140 valence electrons. The highest BCUT2D eigenvalue weighted by Gasteiger charge is 2.15. The van der Waals surface area contributed by atoms with Gasteiger partial charge in [0.25, 0.3) is 5.91 Å². The average Bonchev–Trinajstić information content (AvgIpc) is 3.02. The molecule has 0 aliphatic rings. The van der Waals surface area contributed by atoms with Gasteiger partial charge in [-0.1, -0.05) is 29.8 Å². The number of carbonyl (C=O) groups is 1. The first-order valence-corrected chi connectivity index (χ1v) is 9.16. The van der Waals surface area contributed by atoms with E-state index in [1.165, 1.54) is 0 Å². The summed E-state index contributed by atoms with van der Waals surface area (Å²) in [5, 5.41) is 7.88. The van der Waals surface area contributed by atoms with Gasteiger partial charge in [-0.3, -0.25) is 4.79 Å². The van der Waals surface area contributed by atoms with E-state index in [9.17, 15) is 4.79 Å². The molecule has 0 spiro atoms. The third-order valence-corrected chi connectivity index (χ3v) is 4.29. The third-order valence-electron chi connectivity index (χ3n) is 4.06. The van der Waals surface area contributed by atoms with Crippen LogP contribution in [-0.2, 0) is 6.54 Å². The normalized spacial score (nSPS) is 10.9. The Morgan fingerprint density at radius 1 is 1.22 bits per heavy atom. The van der Waals surface area contributed by atoms with Crippen LogP contribution in [-0.4, -0.2) is 21.8 Å². The lowest BCUT2D eigenvalue weighted by atomic mass is 10.2. The van der Waals surface area contributed by atoms with Crippen molar-refractivity contribution in [1.82, 2.24) is 15.1 Å². The molecule has 27 heavy (non-hydrogen) atoms. The lowest BCUT2D eigenvalue weighted by Crippen LogP contribution is -2.23. The molecule has 0 unspecified atom stereocenters. The fraction of sp³-hybridized carbons (Fsp3) is 0.238. The molecule has 1 aromatic heterocycles. The predicted octanol–water partition coefficient (Wildman–Crippen LogP) is 4.55. The first-order valence-electron chi connectivity index (χ1n) is 8.78. The quantitative estimate of drug-likeness (QED) is 0.679. The van der Waals surface area contributed by atoms with Crippen LogP contribution in [0.3, 0.4) is 0 Å². The number of halogens is 1. The largest absolute Gasteiger partial charge is 0.491 e. The zero-order valence-corrected chi connectivity index (χ0v) is 16.3. The van der Waals surface area contributed by atoms with Gasteiger partial charge in [0.1, 0.15) is 5.75 Å². The first kappa shape index (κ1) is 19.0. The van der Waals surface area contributed by atoms with Crippen LogP contribution in [0.1, 0.15) is 35.5 Å². The fourth-order valence-electron chi connectivity index (χ4n) is 2.74. The highest BCUT2D eigenvalue weighted by molar-refractivity contribution is 6.30. The molecule has 0 saturated carbocycles. The maximum Gasteiger partial charge on any atom is 0.255 e. The number of aromatic nitrogens is 2. The van der Waals surface area contributed by atoms with Crippen molar-refractivity contribution in [2.24, 2.45) is 0 Å². The molecule has 1 N–H and O–H groups in total. The summed E-state index contributed by atoms with van der Waals surface area (Å²) in [5.74, 6) is 0.655. The van der Waals surface area contributed by atoms with Gasteiger partial charge in [-0.2, -0.15) is 5.10 Å². The van der Waals surface area contributed by atoms with Crippen molar-refractivity contribution in [2.45, 2.75) is 33.4 Å². The molecule has 5 nitrogen and oxygen atoms in total. The predicted molar refractivity (Wildman–Crippen MR) is 107 cm³/mol. The van der Waals surface area contributed by atoms with Crippen molar-refractivity contribution < 1.29 is 9.53 Å². The number of rotatable bonds is 6. The number of hydrogen-bond donors (Lipinski definition) is 1. The lowest BCUT2D eigenvalue weighted by Gasteiger charge is -2.10. The Balaban J connectivity index is 1.66. The van der Waals surface area contributed by atoms with Crippen LogP contribution in [0.2, 0.25) is 5.02 Å². The van der Waals surface area contributed by atoms with E-state index in [0.29, 0.717) is 17.1 Å². The number of ether oxygens (including phenoxy) is 1. The highest BCUT2D eigenvalue weighted by Crippen LogP contribution is 2.18. The fourth-order valence-corrected chi connectivity index (χ4v) is 2.92. The minimum atomic E-state index is -0.164. The number of benzene rings is 2. The van der Waals surface area contributed by atoms with E-state index >= 15 is 0 Å². The maximum absolute atomic E-state index is 12.5. The second kappa shape index (κ2) is 8.27. The van der Waals surface area contributed by atoms with E-state index in [2.05, 4.69) is 10.4 Å². The average molecular weight is 384 g/mol. The SMILES string of the molecule is Cc1c(C(=O)NCc2ccc(OC(C)C)cc2)cnn1-c1cccc(Cl)c1. The summed E-state index contributed by atoms with van der Waals surface area (Å²) in [7, 11) is 0. The zero-order chi connectivity index (χ0) is 19.4. The molecule has 0 aliphatic heterocycles. The Bertz CT molecular complexity index is 933. The van der Waals surface area contributed by atoms with Gasteiger partial charge < -0.3 is 10.1 Å². The Labute approximate surface area is 163 Å². The van der Waals surface area contributed by atoms with Gasteiger partial charge in [-0.25, -0.2) is 4.68 Å². The van der Waals surface area contributed by atoms with Crippen LogP contribution in [0.5, 0.6) is 5.75 Å². The van der Waals surface area contributed by atoms with E-state index in [1.807, 2.05) is 63.2 Å². The molecule has 1 heterocycles. The minimum Gasteiger partial charge on any atom is -0.491 e. The molecule has 3 aromatic rings. The lowest BCUT2D eigenvalue weighted by molar-refractivity contribution is 0.0950. The molecular weight excluding hydrogens is 362 g/mol. The van der Waals surface area contributed by atoms with Gasteiger partial charge in [0, 0.05) is 11.6 Å². The molecule has 0 bridgehead atoms. The standard InChI is InChI=1S/C21H22ClN3O2/c1-14(2)27-19-9-7-16(8-10-19)12-23-21(26)20-13-24-25(15(20)3)18-6-4-5-17(22)11-18/h4-11,13-14H,12H2,1-3H3,(H,23,26). The van der Waals surface area contributed by atoms with E-state index in [1.54, 1.807) is 16.9 Å². The van der Waals surface area contributed by atoms with Gasteiger partial charge in [-0.05, 0) is 56.7 Å². The maximum atomic E-state index is 12.5. The van der Waals surface area contributed by atoms with Gasteiger partial charge in [0.05, 0.1) is 29.2 Å². The summed E-state index contributed by atoms with van der Waals surface area (Å²) in [6, 6.07) is 15.1. The molecule has 3 rings (SSSR count). The molecule has 0 aliphatic carbocycles. The molecular formula is C21H22ClN3O2. The van der Waals surface area contributed by atoms with Crippen molar-refractivity contribution in [2.75, 3.05) is 0 Å². The first-order chi connectivity index (χ1) is 12.9. The number of hydrogen-bond acceptors (Lipinski definition) is 3. The molecule has 0 fully saturated rings. The molecule has 6 heteroatoms. The van der Waals surface area contributed by atoms with E-state index in [0.717, 1.165) is 22.7 Å². The van der Waals surface area contributed by atoms with Gasteiger partial charge in [0.2, 0.25) is 0 Å². The second-order valence-corrected chi connectivity index (χ2v) is 6.96. The second-order valence-electron chi connectivity index (χ2n) is 6.53. The van der Waals surface area contributed by atoms with Crippen LogP contribution >= 0.6 is 11.6 Å². The molecule has 0 atom stereocenters. The molecule has 0 radical (unpaired) electrons. The van der Waals surface area contributed by atoms with Crippen LogP contribution in [0.25, 0.3) is 5.69 Å². The van der Waals surface area contributed by atoms with Gasteiger partial charge in [0.15, 0.2) is 0 Å². The number of amides is 1.